The Hall–Kier alpha value is -1.34. The Morgan fingerprint density at radius 3 is 2.70 bits per heavy atom. The van der Waals surface area contributed by atoms with E-state index < -0.39 is 0 Å². The molecule has 0 unspecified atom stereocenters. The molecule has 0 saturated carbocycles. The Morgan fingerprint density at radius 1 is 1.13 bits per heavy atom. The van der Waals surface area contributed by atoms with E-state index in [1.54, 1.807) is 7.11 Å². The number of hydrogen-bond acceptors (Lipinski definition) is 6. The SMILES string of the molecule is COc1ccc2c(c1)N(CCCN1CCC(CCO)CC1)c1cccc(SC)c1S2. The second-order valence-electron chi connectivity index (χ2n) is 8.05. The third kappa shape index (κ3) is 4.77. The maximum atomic E-state index is 9.17. The zero-order chi connectivity index (χ0) is 20.9. The zero-order valence-electron chi connectivity index (χ0n) is 18.0. The van der Waals surface area contributed by atoms with E-state index >= 15 is 0 Å². The molecule has 0 aromatic heterocycles. The van der Waals surface area contributed by atoms with Gasteiger partial charge in [-0.15, -0.1) is 11.8 Å². The van der Waals surface area contributed by atoms with Gasteiger partial charge in [-0.3, -0.25) is 0 Å². The van der Waals surface area contributed by atoms with Crippen molar-refractivity contribution in [2.75, 3.05) is 51.1 Å². The highest BCUT2D eigenvalue weighted by Gasteiger charge is 2.26. The van der Waals surface area contributed by atoms with E-state index in [9.17, 15) is 5.11 Å². The molecule has 0 bridgehead atoms. The number of anilines is 2. The second kappa shape index (κ2) is 10.3. The summed E-state index contributed by atoms with van der Waals surface area (Å²) in [6.45, 7) is 4.79. The molecule has 0 radical (unpaired) electrons. The molecule has 6 heteroatoms. The maximum Gasteiger partial charge on any atom is 0.121 e. The van der Waals surface area contributed by atoms with Crippen molar-refractivity contribution >= 4 is 34.9 Å². The second-order valence-corrected chi connectivity index (χ2v) is 9.95. The Kier molecular flexibility index (Phi) is 7.52. The first-order valence-corrected chi connectivity index (χ1v) is 12.9. The van der Waals surface area contributed by atoms with Gasteiger partial charge >= 0.3 is 0 Å². The molecule has 2 aromatic rings. The number of thioether (sulfide) groups is 1. The standard InChI is InChI=1S/C24H32N2O2S2/c1-28-19-7-8-22-21(17-19)26(20-5-3-6-23(29-2)24(20)30-22)13-4-12-25-14-9-18(10-15-25)11-16-27/h3,5-8,17-18,27H,4,9-16H2,1-2H3. The van der Waals surface area contributed by atoms with Crippen molar-refractivity contribution in [1.82, 2.24) is 4.90 Å². The van der Waals surface area contributed by atoms with E-state index in [4.69, 9.17) is 4.74 Å². The summed E-state index contributed by atoms with van der Waals surface area (Å²) in [4.78, 5) is 9.09. The fraction of sp³-hybridized carbons (Fsp3) is 0.500. The summed E-state index contributed by atoms with van der Waals surface area (Å²) in [6, 6.07) is 13.1. The minimum atomic E-state index is 0.331. The fourth-order valence-corrected chi connectivity index (χ4v) is 6.48. The highest BCUT2D eigenvalue weighted by atomic mass is 32.2. The molecule has 2 aliphatic heterocycles. The highest BCUT2D eigenvalue weighted by molar-refractivity contribution is 8.02. The molecule has 2 aliphatic rings. The molecule has 0 spiro atoms. The van der Waals surface area contributed by atoms with E-state index in [1.807, 2.05) is 23.5 Å². The summed E-state index contributed by atoms with van der Waals surface area (Å²) >= 11 is 3.69. The largest absolute Gasteiger partial charge is 0.497 e. The molecule has 0 aliphatic carbocycles. The highest BCUT2D eigenvalue weighted by Crippen LogP contribution is 2.52. The lowest BCUT2D eigenvalue weighted by Crippen LogP contribution is -2.36. The van der Waals surface area contributed by atoms with Crippen molar-refractivity contribution in [2.24, 2.45) is 5.92 Å². The topological polar surface area (TPSA) is 35.9 Å². The number of benzene rings is 2. The van der Waals surface area contributed by atoms with Crippen LogP contribution in [0.1, 0.15) is 25.7 Å². The molecule has 162 valence electrons. The lowest BCUT2D eigenvalue weighted by molar-refractivity contribution is 0.158. The Morgan fingerprint density at radius 2 is 1.97 bits per heavy atom. The van der Waals surface area contributed by atoms with E-state index in [-0.39, 0.29) is 0 Å². The summed E-state index contributed by atoms with van der Waals surface area (Å²) in [7, 11) is 1.74. The Bertz CT molecular complexity index is 851. The summed E-state index contributed by atoms with van der Waals surface area (Å²) in [5.41, 5.74) is 2.57. The molecule has 1 fully saturated rings. The minimum absolute atomic E-state index is 0.331. The predicted molar refractivity (Wildman–Crippen MR) is 128 cm³/mol. The lowest BCUT2D eigenvalue weighted by atomic mass is 9.94. The quantitative estimate of drug-likeness (QED) is 0.542. The van der Waals surface area contributed by atoms with Gasteiger partial charge in [0.25, 0.3) is 0 Å². The number of fused-ring (bicyclic) bond motifs is 2. The van der Waals surface area contributed by atoms with Gasteiger partial charge in [-0.05, 0) is 81.8 Å². The average Bonchev–Trinajstić information content (AvgIpc) is 2.79. The van der Waals surface area contributed by atoms with Crippen molar-refractivity contribution in [3.05, 3.63) is 36.4 Å². The Labute approximate surface area is 189 Å². The van der Waals surface area contributed by atoms with Crippen molar-refractivity contribution < 1.29 is 9.84 Å². The molecular formula is C24H32N2O2S2. The average molecular weight is 445 g/mol. The van der Waals surface area contributed by atoms with Crippen molar-refractivity contribution in [3.63, 3.8) is 0 Å². The summed E-state index contributed by atoms with van der Waals surface area (Å²) in [5, 5.41) is 9.17. The summed E-state index contributed by atoms with van der Waals surface area (Å²) < 4.78 is 5.52. The molecule has 4 nitrogen and oxygen atoms in total. The minimum Gasteiger partial charge on any atom is -0.497 e. The van der Waals surface area contributed by atoms with Gasteiger partial charge in [-0.1, -0.05) is 17.8 Å². The van der Waals surface area contributed by atoms with E-state index in [2.05, 4.69) is 52.5 Å². The maximum absolute atomic E-state index is 9.17. The number of aliphatic hydroxyl groups excluding tert-OH is 1. The van der Waals surface area contributed by atoms with E-state index in [1.165, 1.54) is 38.9 Å². The van der Waals surface area contributed by atoms with Crippen LogP contribution in [0, 0.1) is 5.92 Å². The van der Waals surface area contributed by atoms with Gasteiger partial charge < -0.3 is 19.6 Å². The molecule has 1 saturated heterocycles. The number of piperidine rings is 1. The lowest BCUT2D eigenvalue weighted by Gasteiger charge is -2.35. The van der Waals surface area contributed by atoms with Crippen LogP contribution >= 0.6 is 23.5 Å². The number of aliphatic hydroxyl groups is 1. The number of nitrogens with zero attached hydrogens (tertiary/aromatic N) is 2. The number of likely N-dealkylation sites (tertiary alicyclic amines) is 1. The smallest absolute Gasteiger partial charge is 0.121 e. The van der Waals surface area contributed by atoms with Crippen LogP contribution in [0.2, 0.25) is 0 Å². The van der Waals surface area contributed by atoms with Gasteiger partial charge in [-0.25, -0.2) is 0 Å². The third-order valence-electron chi connectivity index (χ3n) is 6.24. The van der Waals surface area contributed by atoms with Crippen LogP contribution in [0.25, 0.3) is 0 Å². The molecule has 30 heavy (non-hydrogen) atoms. The van der Waals surface area contributed by atoms with Gasteiger partial charge in [0.2, 0.25) is 0 Å². The molecule has 2 aromatic carbocycles. The fourth-order valence-electron chi connectivity index (χ4n) is 4.52. The van der Waals surface area contributed by atoms with Crippen LogP contribution in [0.15, 0.2) is 51.1 Å². The van der Waals surface area contributed by atoms with Crippen LogP contribution in [0.5, 0.6) is 5.75 Å². The van der Waals surface area contributed by atoms with Gasteiger partial charge in [-0.2, -0.15) is 0 Å². The molecular weight excluding hydrogens is 412 g/mol. The van der Waals surface area contributed by atoms with Crippen LogP contribution in [-0.2, 0) is 0 Å². The first-order chi connectivity index (χ1) is 14.7. The van der Waals surface area contributed by atoms with Crippen LogP contribution in [0.3, 0.4) is 0 Å². The molecule has 0 atom stereocenters. The normalized spacial score (nSPS) is 17.0. The zero-order valence-corrected chi connectivity index (χ0v) is 19.6. The van der Waals surface area contributed by atoms with Gasteiger partial charge in [0.15, 0.2) is 0 Å². The van der Waals surface area contributed by atoms with E-state index in [0.717, 1.165) is 44.8 Å². The Balaban J connectivity index is 1.48. The monoisotopic (exact) mass is 444 g/mol. The van der Waals surface area contributed by atoms with Crippen LogP contribution < -0.4 is 9.64 Å². The predicted octanol–water partition coefficient (Wildman–Crippen LogP) is 5.50. The van der Waals surface area contributed by atoms with E-state index in [0.29, 0.717) is 12.5 Å². The number of rotatable bonds is 8. The number of hydrogen-bond donors (Lipinski definition) is 1. The van der Waals surface area contributed by atoms with Crippen molar-refractivity contribution in [3.8, 4) is 5.75 Å². The van der Waals surface area contributed by atoms with Crippen LogP contribution in [-0.4, -0.2) is 56.2 Å². The molecule has 2 heterocycles. The molecule has 1 N–H and O–H groups in total. The summed E-state index contributed by atoms with van der Waals surface area (Å²) in [5.74, 6) is 1.62. The van der Waals surface area contributed by atoms with Crippen molar-refractivity contribution in [1.29, 1.82) is 0 Å². The van der Waals surface area contributed by atoms with Gasteiger partial charge in [0.1, 0.15) is 5.75 Å². The van der Waals surface area contributed by atoms with Crippen LogP contribution in [0.4, 0.5) is 11.4 Å². The molecule has 4 rings (SSSR count). The number of methoxy groups -OCH3 is 1. The first kappa shape index (κ1) is 21.9. The third-order valence-corrected chi connectivity index (χ3v) is 8.35. The van der Waals surface area contributed by atoms with Gasteiger partial charge in [0, 0.05) is 33.9 Å². The first-order valence-electron chi connectivity index (χ1n) is 10.9. The van der Waals surface area contributed by atoms with Crippen molar-refractivity contribution in [2.45, 2.75) is 40.4 Å². The number of ether oxygens (including phenoxy) is 1. The van der Waals surface area contributed by atoms with Gasteiger partial charge in [0.05, 0.1) is 18.5 Å². The summed E-state index contributed by atoms with van der Waals surface area (Å²) in [6.07, 6.45) is 6.70. The molecule has 0 amide bonds.